The minimum absolute atomic E-state index is 0.115. The maximum Gasteiger partial charge on any atom is 0.237 e. The zero-order chi connectivity index (χ0) is 7.54. The van der Waals surface area contributed by atoms with Crippen LogP contribution in [-0.2, 0) is 9.53 Å². The number of hydrogen-bond acceptors (Lipinski definition) is 3. The van der Waals surface area contributed by atoms with E-state index >= 15 is 0 Å². The molecule has 0 aromatic carbocycles. The van der Waals surface area contributed by atoms with Crippen molar-refractivity contribution in [1.29, 1.82) is 0 Å². The molecule has 0 saturated carbocycles. The average Bonchev–Trinajstić information content (AvgIpc) is 1.86. The highest BCUT2D eigenvalue weighted by molar-refractivity contribution is 5.32. The van der Waals surface area contributed by atoms with Crippen LogP contribution in [0.3, 0.4) is 0 Å². The molecule has 0 radical (unpaired) electrons. The largest absolute Gasteiger partial charge is 0.362 e. The Kier molecular flexibility index (Phi) is 19.1. The second kappa shape index (κ2) is 15.7. The van der Waals surface area contributed by atoms with Crippen LogP contribution in [0.1, 0.15) is 6.92 Å². The minimum atomic E-state index is 0.115. The number of isocyanates is 1. The van der Waals surface area contributed by atoms with Crippen molar-refractivity contribution in [3.8, 4) is 0 Å². The zero-order valence-electron chi connectivity index (χ0n) is 5.76. The quantitative estimate of drug-likeness (QED) is 0.318. The van der Waals surface area contributed by atoms with E-state index in [1.54, 1.807) is 6.08 Å². The summed E-state index contributed by atoms with van der Waals surface area (Å²) in [6.45, 7) is 5.36. The lowest BCUT2D eigenvalue weighted by atomic mass is 10.8. The molecule has 0 aromatic rings. The predicted molar refractivity (Wildman–Crippen MR) is 35.9 cm³/mol. The van der Waals surface area contributed by atoms with Gasteiger partial charge in [0.1, 0.15) is 6.73 Å². The molecule has 0 atom stereocenters. The van der Waals surface area contributed by atoms with E-state index in [1.165, 1.54) is 13.2 Å². The Bertz CT molecular complexity index is 95.2. The monoisotopic (exact) mass is 129 g/mol. The molecule has 0 unspecified atom stereocenters. The third-order valence-corrected chi connectivity index (χ3v) is 0.258. The number of nitrogens with zero attached hydrogens (tertiary/aromatic N) is 1. The SMILES string of the molecule is C=CC.COCN=C=O. The highest BCUT2D eigenvalue weighted by Crippen LogP contribution is 1.60. The van der Waals surface area contributed by atoms with E-state index in [0.717, 1.165) is 0 Å². The van der Waals surface area contributed by atoms with E-state index in [2.05, 4.69) is 16.3 Å². The zero-order valence-corrected chi connectivity index (χ0v) is 5.76. The van der Waals surface area contributed by atoms with Gasteiger partial charge in [0.05, 0.1) is 0 Å². The molecule has 0 spiro atoms. The third kappa shape index (κ3) is 42.2. The van der Waals surface area contributed by atoms with Crippen molar-refractivity contribution in [3.63, 3.8) is 0 Å². The van der Waals surface area contributed by atoms with Gasteiger partial charge in [0.2, 0.25) is 6.08 Å². The van der Waals surface area contributed by atoms with Gasteiger partial charge in [-0.15, -0.1) is 6.58 Å². The summed E-state index contributed by atoms with van der Waals surface area (Å²) in [6, 6.07) is 0. The summed E-state index contributed by atoms with van der Waals surface area (Å²) in [6.07, 6.45) is 3.07. The van der Waals surface area contributed by atoms with Crippen LogP contribution in [0.2, 0.25) is 0 Å². The Morgan fingerprint density at radius 1 is 1.89 bits per heavy atom. The molecule has 0 bridgehead atoms. The van der Waals surface area contributed by atoms with Crippen LogP contribution >= 0.6 is 0 Å². The first-order chi connectivity index (χ1) is 4.33. The Morgan fingerprint density at radius 2 is 2.33 bits per heavy atom. The number of aliphatic imine (C=N–C) groups is 1. The molecule has 0 aliphatic heterocycles. The van der Waals surface area contributed by atoms with Gasteiger partial charge in [-0.1, -0.05) is 6.08 Å². The molecular weight excluding hydrogens is 118 g/mol. The van der Waals surface area contributed by atoms with Crippen molar-refractivity contribution in [1.82, 2.24) is 0 Å². The van der Waals surface area contributed by atoms with Crippen molar-refractivity contribution < 1.29 is 9.53 Å². The van der Waals surface area contributed by atoms with Crippen molar-refractivity contribution in [2.45, 2.75) is 6.92 Å². The summed E-state index contributed by atoms with van der Waals surface area (Å²) in [5, 5.41) is 0. The molecule has 0 N–H and O–H groups in total. The average molecular weight is 129 g/mol. The first-order valence-electron chi connectivity index (χ1n) is 2.43. The molecule has 0 aliphatic rings. The van der Waals surface area contributed by atoms with E-state index in [9.17, 15) is 4.79 Å². The van der Waals surface area contributed by atoms with Gasteiger partial charge in [0.25, 0.3) is 0 Å². The first-order valence-corrected chi connectivity index (χ1v) is 2.43. The topological polar surface area (TPSA) is 38.7 Å². The number of rotatable bonds is 2. The number of hydrogen-bond donors (Lipinski definition) is 0. The second-order valence-electron chi connectivity index (χ2n) is 1.08. The maximum atomic E-state index is 9.19. The van der Waals surface area contributed by atoms with Gasteiger partial charge in [-0.3, -0.25) is 0 Å². The van der Waals surface area contributed by atoms with Crippen LogP contribution in [0.15, 0.2) is 17.6 Å². The van der Waals surface area contributed by atoms with Gasteiger partial charge in [-0.2, -0.15) is 4.99 Å². The number of methoxy groups -OCH3 is 1. The Hall–Kier alpha value is -0.920. The Balaban J connectivity index is 0. The molecule has 0 saturated heterocycles. The lowest BCUT2D eigenvalue weighted by Crippen LogP contribution is -1.78. The Morgan fingerprint density at radius 3 is 2.44 bits per heavy atom. The summed E-state index contributed by atoms with van der Waals surface area (Å²) < 4.78 is 4.35. The first kappa shape index (κ1) is 11.0. The smallest absolute Gasteiger partial charge is 0.237 e. The van der Waals surface area contributed by atoms with E-state index < -0.39 is 0 Å². The van der Waals surface area contributed by atoms with Crippen LogP contribution < -0.4 is 0 Å². The fraction of sp³-hybridized carbons (Fsp3) is 0.500. The molecule has 0 fully saturated rings. The highest BCUT2D eigenvalue weighted by atomic mass is 16.5. The standard InChI is InChI=1S/C3H5NO2.C3H6/c1-6-3-4-2-5;1-3-2/h3H2,1H3;3H,1H2,2H3. The van der Waals surface area contributed by atoms with Crippen LogP contribution in [0.5, 0.6) is 0 Å². The van der Waals surface area contributed by atoms with Crippen molar-refractivity contribution in [2.75, 3.05) is 13.8 Å². The summed E-state index contributed by atoms with van der Waals surface area (Å²) in [5.41, 5.74) is 0. The summed E-state index contributed by atoms with van der Waals surface area (Å²) in [7, 11) is 1.46. The van der Waals surface area contributed by atoms with Crippen molar-refractivity contribution in [2.24, 2.45) is 4.99 Å². The van der Waals surface area contributed by atoms with E-state index in [-0.39, 0.29) is 6.73 Å². The van der Waals surface area contributed by atoms with E-state index in [1.807, 2.05) is 6.92 Å². The molecule has 3 nitrogen and oxygen atoms in total. The van der Waals surface area contributed by atoms with Crippen molar-refractivity contribution in [3.05, 3.63) is 12.7 Å². The van der Waals surface area contributed by atoms with Gasteiger partial charge in [0, 0.05) is 7.11 Å². The molecular formula is C6H11NO2. The van der Waals surface area contributed by atoms with Crippen LogP contribution in [0.4, 0.5) is 0 Å². The van der Waals surface area contributed by atoms with E-state index in [4.69, 9.17) is 0 Å². The highest BCUT2D eigenvalue weighted by Gasteiger charge is 1.63. The molecule has 0 aromatic heterocycles. The second-order valence-corrected chi connectivity index (χ2v) is 1.08. The molecule has 0 rings (SSSR count). The molecule has 0 amide bonds. The minimum Gasteiger partial charge on any atom is -0.362 e. The lowest BCUT2D eigenvalue weighted by molar-refractivity contribution is 0.208. The van der Waals surface area contributed by atoms with Gasteiger partial charge >= 0.3 is 0 Å². The number of ether oxygens (including phenoxy) is 1. The van der Waals surface area contributed by atoms with Gasteiger partial charge < -0.3 is 4.74 Å². The van der Waals surface area contributed by atoms with Crippen molar-refractivity contribution >= 4 is 6.08 Å². The maximum absolute atomic E-state index is 9.19. The number of allylic oxidation sites excluding steroid dienone is 1. The van der Waals surface area contributed by atoms with Gasteiger partial charge in [-0.05, 0) is 6.92 Å². The third-order valence-electron chi connectivity index (χ3n) is 0.258. The normalized spacial score (nSPS) is 6.00. The number of carbonyl (C=O) groups excluding carboxylic acids is 1. The Labute approximate surface area is 55.1 Å². The molecule has 0 aliphatic carbocycles. The van der Waals surface area contributed by atoms with Crippen LogP contribution in [0, 0.1) is 0 Å². The molecule has 9 heavy (non-hydrogen) atoms. The lowest BCUT2D eigenvalue weighted by Gasteiger charge is -1.78. The summed E-state index contributed by atoms with van der Waals surface area (Å²) >= 11 is 0. The molecule has 0 heterocycles. The molecule has 3 heteroatoms. The van der Waals surface area contributed by atoms with Gasteiger partial charge in [-0.25, -0.2) is 4.79 Å². The predicted octanol–water partition coefficient (Wildman–Crippen LogP) is 1.12. The van der Waals surface area contributed by atoms with E-state index in [0.29, 0.717) is 0 Å². The van der Waals surface area contributed by atoms with Crippen LogP contribution in [0.25, 0.3) is 0 Å². The fourth-order valence-corrected chi connectivity index (χ4v) is 0.0909. The van der Waals surface area contributed by atoms with Crippen LogP contribution in [-0.4, -0.2) is 19.9 Å². The van der Waals surface area contributed by atoms with Gasteiger partial charge in [0.15, 0.2) is 0 Å². The summed E-state index contributed by atoms with van der Waals surface area (Å²) in [5.74, 6) is 0. The molecule has 52 valence electrons. The fourth-order valence-electron chi connectivity index (χ4n) is 0.0909. The summed E-state index contributed by atoms with van der Waals surface area (Å²) in [4.78, 5) is 12.3.